The number of nitrogens with one attached hydrogen (secondary N) is 1. The first kappa shape index (κ1) is 17.7. The van der Waals surface area contributed by atoms with E-state index in [2.05, 4.69) is 43.4 Å². The molecule has 1 aliphatic carbocycles. The van der Waals surface area contributed by atoms with E-state index in [0.717, 1.165) is 23.1 Å². The summed E-state index contributed by atoms with van der Waals surface area (Å²) < 4.78 is 0. The van der Waals surface area contributed by atoms with Gasteiger partial charge in [-0.3, -0.25) is 15.8 Å². The number of likely N-dealkylation sites (N-methyl/N-ethyl adjacent to an activating group) is 1. The van der Waals surface area contributed by atoms with Crippen LogP contribution in [0.2, 0.25) is 0 Å². The summed E-state index contributed by atoms with van der Waals surface area (Å²) in [4.78, 5) is 14.8. The van der Waals surface area contributed by atoms with Gasteiger partial charge in [0, 0.05) is 7.05 Å². The summed E-state index contributed by atoms with van der Waals surface area (Å²) in [5.74, 6) is 0.0203. The van der Waals surface area contributed by atoms with Crippen molar-refractivity contribution in [3.8, 4) is 17.2 Å². The Balaban J connectivity index is 1.89. The van der Waals surface area contributed by atoms with Crippen LogP contribution >= 0.6 is 0 Å². The van der Waals surface area contributed by atoms with Gasteiger partial charge in [0.25, 0.3) is 0 Å². The molecule has 0 radical (unpaired) electrons. The van der Waals surface area contributed by atoms with Gasteiger partial charge in [-0.2, -0.15) is 5.26 Å². The third kappa shape index (κ3) is 2.73. The minimum absolute atomic E-state index is 0.0111. The number of fused-ring (bicyclic) bond motifs is 2. The van der Waals surface area contributed by atoms with Crippen LogP contribution < -0.4 is 11.1 Å². The zero-order valence-electron chi connectivity index (χ0n) is 15.9. The van der Waals surface area contributed by atoms with E-state index >= 15 is 0 Å². The number of nitriles is 1. The number of amides is 1. The molecule has 2 aromatic rings. The molecule has 1 spiro atoms. The molecule has 27 heavy (non-hydrogen) atoms. The highest BCUT2D eigenvalue weighted by molar-refractivity contribution is 5.91. The third-order valence-corrected chi connectivity index (χ3v) is 5.80. The van der Waals surface area contributed by atoms with Crippen LogP contribution in [0.1, 0.15) is 37.0 Å². The van der Waals surface area contributed by atoms with Crippen molar-refractivity contribution in [2.24, 2.45) is 11.1 Å². The van der Waals surface area contributed by atoms with E-state index in [0.29, 0.717) is 12.0 Å². The smallest absolute Gasteiger partial charge is 0.249 e. The van der Waals surface area contributed by atoms with Crippen LogP contribution in [0.4, 0.5) is 0 Å². The number of nitrogens with zero attached hydrogens (tertiary/aromatic N) is 2. The van der Waals surface area contributed by atoms with Crippen molar-refractivity contribution < 1.29 is 4.79 Å². The number of hydrogen-bond donors (Lipinski definition) is 2. The van der Waals surface area contributed by atoms with Crippen LogP contribution in [0.3, 0.4) is 0 Å². The number of benzene rings is 2. The van der Waals surface area contributed by atoms with E-state index in [9.17, 15) is 10.1 Å². The lowest BCUT2D eigenvalue weighted by Gasteiger charge is -2.43. The second-order valence-electron chi connectivity index (χ2n) is 8.49. The molecule has 3 N–H and O–H groups in total. The quantitative estimate of drug-likeness (QED) is 0.819. The second-order valence-corrected chi connectivity index (χ2v) is 8.49. The molecule has 0 bridgehead atoms. The molecule has 1 heterocycles. The maximum absolute atomic E-state index is 13.2. The molecule has 2 aliphatic rings. The van der Waals surface area contributed by atoms with Crippen LogP contribution in [0.25, 0.3) is 11.1 Å². The summed E-state index contributed by atoms with van der Waals surface area (Å²) in [5, 5.41) is 12.6. The molecule has 1 amide bonds. The van der Waals surface area contributed by atoms with Crippen molar-refractivity contribution in [1.82, 2.24) is 10.2 Å². The number of hydrogen-bond acceptors (Lipinski definition) is 4. The van der Waals surface area contributed by atoms with Crippen molar-refractivity contribution >= 4 is 5.91 Å². The molecule has 2 aromatic carbocycles. The molecule has 1 aliphatic heterocycles. The molecule has 2 unspecified atom stereocenters. The van der Waals surface area contributed by atoms with E-state index in [1.165, 1.54) is 5.56 Å². The average Bonchev–Trinajstić information content (AvgIpc) is 2.85. The molecule has 138 valence electrons. The Morgan fingerprint density at radius 3 is 2.63 bits per heavy atom. The Morgan fingerprint density at radius 2 is 1.96 bits per heavy atom. The molecule has 5 nitrogen and oxygen atoms in total. The van der Waals surface area contributed by atoms with Crippen LogP contribution in [0, 0.1) is 16.7 Å². The Morgan fingerprint density at radius 1 is 1.22 bits per heavy atom. The summed E-state index contributed by atoms with van der Waals surface area (Å²) in [6.07, 6.45) is 1.12. The van der Waals surface area contributed by atoms with Crippen molar-refractivity contribution in [2.75, 3.05) is 7.05 Å². The van der Waals surface area contributed by atoms with Gasteiger partial charge in [-0.15, -0.1) is 0 Å². The maximum atomic E-state index is 13.2. The molecule has 2 atom stereocenters. The van der Waals surface area contributed by atoms with Crippen molar-refractivity contribution in [1.29, 1.82) is 5.26 Å². The van der Waals surface area contributed by atoms with E-state index in [1.807, 2.05) is 18.2 Å². The normalized spacial score (nSPS) is 26.1. The molecular weight excluding hydrogens is 336 g/mol. The standard InChI is InChI=1S/C22H24N4O/c1-21(2)11-17-8-7-16(15-6-4-5-14(9-15)12-23)10-18(17)22(13-21)19(27)26(3)20(24)25-22/h4-10,20,25H,11,13,24H2,1-3H3. The zero-order valence-corrected chi connectivity index (χ0v) is 15.9. The number of carbonyl (C=O) groups is 1. The van der Waals surface area contributed by atoms with Crippen LogP contribution in [-0.2, 0) is 16.8 Å². The number of rotatable bonds is 1. The molecule has 5 heteroatoms. The molecule has 1 fully saturated rings. The molecule has 0 aromatic heterocycles. The monoisotopic (exact) mass is 360 g/mol. The summed E-state index contributed by atoms with van der Waals surface area (Å²) in [7, 11) is 1.75. The topological polar surface area (TPSA) is 82.2 Å². The summed E-state index contributed by atoms with van der Waals surface area (Å²) >= 11 is 0. The minimum Gasteiger partial charge on any atom is -0.316 e. The fourth-order valence-corrected chi connectivity index (χ4v) is 4.62. The molecule has 1 saturated heterocycles. The predicted octanol–water partition coefficient (Wildman–Crippen LogP) is 2.70. The fraction of sp³-hybridized carbons (Fsp3) is 0.364. The molecule has 4 rings (SSSR count). The van der Waals surface area contributed by atoms with Gasteiger partial charge in [-0.25, -0.2) is 0 Å². The van der Waals surface area contributed by atoms with Crippen molar-refractivity contribution in [2.45, 2.75) is 38.5 Å². The van der Waals surface area contributed by atoms with E-state index in [4.69, 9.17) is 5.73 Å². The second kappa shape index (κ2) is 5.91. The lowest BCUT2D eigenvalue weighted by molar-refractivity contribution is -0.133. The molecule has 0 saturated carbocycles. The summed E-state index contributed by atoms with van der Waals surface area (Å²) in [5.41, 5.74) is 10.1. The summed E-state index contributed by atoms with van der Waals surface area (Å²) in [6, 6.07) is 16.0. The molecular formula is C22H24N4O. The van der Waals surface area contributed by atoms with Gasteiger partial charge in [-0.05, 0) is 58.7 Å². The minimum atomic E-state index is -0.798. The lowest BCUT2D eigenvalue weighted by Crippen LogP contribution is -2.52. The Kier molecular flexibility index (Phi) is 3.88. The highest BCUT2D eigenvalue weighted by atomic mass is 16.2. The highest BCUT2D eigenvalue weighted by Gasteiger charge is 2.55. The fourth-order valence-electron chi connectivity index (χ4n) is 4.62. The highest BCUT2D eigenvalue weighted by Crippen LogP contribution is 2.48. The van der Waals surface area contributed by atoms with Gasteiger partial charge < -0.3 is 4.90 Å². The van der Waals surface area contributed by atoms with Crippen LogP contribution in [0.5, 0.6) is 0 Å². The van der Waals surface area contributed by atoms with Crippen molar-refractivity contribution in [3.05, 3.63) is 59.2 Å². The van der Waals surface area contributed by atoms with Gasteiger partial charge in [-0.1, -0.05) is 38.1 Å². The summed E-state index contributed by atoms with van der Waals surface area (Å²) in [6.45, 7) is 4.39. The van der Waals surface area contributed by atoms with Gasteiger partial charge >= 0.3 is 0 Å². The van der Waals surface area contributed by atoms with Crippen molar-refractivity contribution in [3.63, 3.8) is 0 Å². The first-order chi connectivity index (χ1) is 12.8. The lowest BCUT2D eigenvalue weighted by atomic mass is 9.64. The van der Waals surface area contributed by atoms with Gasteiger partial charge in [0.05, 0.1) is 11.6 Å². The number of nitrogens with two attached hydrogens (primary N) is 1. The Hall–Kier alpha value is -2.68. The van der Waals surface area contributed by atoms with E-state index < -0.39 is 11.8 Å². The first-order valence-electron chi connectivity index (χ1n) is 9.20. The van der Waals surface area contributed by atoms with Crippen LogP contribution in [0.15, 0.2) is 42.5 Å². The number of carbonyl (C=O) groups excluding carboxylic acids is 1. The average molecular weight is 360 g/mol. The third-order valence-electron chi connectivity index (χ3n) is 5.80. The first-order valence-corrected chi connectivity index (χ1v) is 9.20. The zero-order chi connectivity index (χ0) is 19.4. The van der Waals surface area contributed by atoms with E-state index in [1.54, 1.807) is 18.0 Å². The maximum Gasteiger partial charge on any atom is 0.249 e. The SMILES string of the molecule is CN1C(=O)C2(CC(C)(C)Cc3ccc(-c4cccc(C#N)c4)cc32)NC1N. The largest absolute Gasteiger partial charge is 0.316 e. The van der Waals surface area contributed by atoms with Crippen LogP contribution in [-0.4, -0.2) is 24.1 Å². The van der Waals surface area contributed by atoms with Gasteiger partial charge in [0.1, 0.15) is 11.8 Å². The van der Waals surface area contributed by atoms with Gasteiger partial charge in [0.15, 0.2) is 0 Å². The Bertz CT molecular complexity index is 975. The Labute approximate surface area is 159 Å². The van der Waals surface area contributed by atoms with E-state index in [-0.39, 0.29) is 11.3 Å². The predicted molar refractivity (Wildman–Crippen MR) is 104 cm³/mol. The van der Waals surface area contributed by atoms with Gasteiger partial charge in [0.2, 0.25) is 5.91 Å².